The van der Waals surface area contributed by atoms with Gasteiger partial charge in [0.25, 0.3) is 0 Å². The lowest BCUT2D eigenvalue weighted by Crippen LogP contribution is -2.26. The summed E-state index contributed by atoms with van der Waals surface area (Å²) in [5, 5.41) is 8.62. The molecule has 0 aromatic heterocycles. The summed E-state index contributed by atoms with van der Waals surface area (Å²) in [7, 11) is 3.43. The van der Waals surface area contributed by atoms with E-state index < -0.39 is 0 Å². The van der Waals surface area contributed by atoms with Gasteiger partial charge in [-0.15, -0.1) is 0 Å². The molecule has 1 N–H and O–H groups in total. The van der Waals surface area contributed by atoms with Gasteiger partial charge in [0, 0.05) is 39.3 Å². The van der Waals surface area contributed by atoms with Gasteiger partial charge < -0.3 is 14.7 Å². The molecule has 0 atom stereocenters. The average molecular weight is 275 g/mol. The van der Waals surface area contributed by atoms with Crippen molar-refractivity contribution in [1.29, 1.82) is 0 Å². The molecule has 1 aromatic carbocycles. The summed E-state index contributed by atoms with van der Waals surface area (Å²) in [4.78, 5) is 13.6. The highest BCUT2D eigenvalue weighted by Gasteiger charge is 2.08. The zero-order valence-corrected chi connectivity index (χ0v) is 12.1. The number of aliphatic hydroxyl groups is 1. The molecule has 0 saturated carbocycles. The fraction of sp³-hybridized carbons (Fsp3) is 0.438. The third-order valence-electron chi connectivity index (χ3n) is 2.85. The molecule has 0 aliphatic heterocycles. The Morgan fingerprint density at radius 2 is 2.05 bits per heavy atom. The number of ether oxygens (including phenoxy) is 1. The van der Waals surface area contributed by atoms with Gasteiger partial charge in [0.15, 0.2) is 0 Å². The fourth-order valence-corrected chi connectivity index (χ4v) is 1.76. The highest BCUT2D eigenvalue weighted by molar-refractivity contribution is 5.75. The van der Waals surface area contributed by atoms with Crippen molar-refractivity contribution in [2.24, 2.45) is 0 Å². The van der Waals surface area contributed by atoms with E-state index in [1.165, 1.54) is 0 Å². The number of nitrogens with zero attached hydrogens (tertiary/aromatic N) is 1. The minimum Gasteiger partial charge on any atom is -0.385 e. The molecule has 0 aliphatic carbocycles. The summed E-state index contributed by atoms with van der Waals surface area (Å²) in [5.74, 6) is 5.56. The minimum atomic E-state index is -0.138. The van der Waals surface area contributed by atoms with Gasteiger partial charge >= 0.3 is 0 Å². The van der Waals surface area contributed by atoms with Crippen LogP contribution < -0.4 is 0 Å². The molecule has 0 radical (unpaired) electrons. The van der Waals surface area contributed by atoms with Crippen molar-refractivity contribution in [1.82, 2.24) is 4.90 Å². The summed E-state index contributed by atoms with van der Waals surface area (Å²) in [6.07, 6.45) is 1.25. The third kappa shape index (κ3) is 5.87. The molecule has 1 amide bonds. The van der Waals surface area contributed by atoms with Crippen LogP contribution in [0.4, 0.5) is 0 Å². The first-order valence-corrected chi connectivity index (χ1v) is 6.59. The number of carbonyl (C=O) groups excluding carboxylic acids is 1. The first kappa shape index (κ1) is 16.2. The van der Waals surface area contributed by atoms with E-state index in [0.29, 0.717) is 19.6 Å². The highest BCUT2D eigenvalue weighted by Crippen LogP contribution is 2.07. The molecule has 1 rings (SSSR count). The molecule has 0 spiro atoms. The van der Waals surface area contributed by atoms with Crippen LogP contribution in [0.15, 0.2) is 24.3 Å². The average Bonchev–Trinajstić information content (AvgIpc) is 2.46. The third-order valence-corrected chi connectivity index (χ3v) is 2.85. The van der Waals surface area contributed by atoms with Crippen LogP contribution in [0.1, 0.15) is 24.0 Å². The number of amides is 1. The number of carbonyl (C=O) groups is 1. The summed E-state index contributed by atoms with van der Waals surface area (Å²) in [5.41, 5.74) is 1.92. The van der Waals surface area contributed by atoms with Gasteiger partial charge in [-0.05, 0) is 24.1 Å². The Hall–Kier alpha value is -1.83. The van der Waals surface area contributed by atoms with Crippen LogP contribution in [0.5, 0.6) is 0 Å². The predicted octanol–water partition coefficient (Wildman–Crippen LogP) is 1.42. The number of methoxy groups -OCH3 is 1. The fourth-order valence-electron chi connectivity index (χ4n) is 1.76. The van der Waals surface area contributed by atoms with Crippen LogP contribution in [0.3, 0.4) is 0 Å². The van der Waals surface area contributed by atoms with Gasteiger partial charge in [-0.1, -0.05) is 24.0 Å². The second kappa shape index (κ2) is 9.13. The van der Waals surface area contributed by atoms with Gasteiger partial charge in [-0.25, -0.2) is 0 Å². The van der Waals surface area contributed by atoms with Gasteiger partial charge in [0.2, 0.25) is 5.91 Å². The van der Waals surface area contributed by atoms with Crippen LogP contribution in [-0.4, -0.2) is 43.3 Å². The SMILES string of the molecule is COCCCC(=O)N(C)Cc1ccc(C#CCO)cc1. The summed E-state index contributed by atoms with van der Waals surface area (Å²) < 4.78 is 4.93. The Bertz CT molecular complexity index is 471. The molecule has 0 bridgehead atoms. The molecule has 0 heterocycles. The zero-order chi connectivity index (χ0) is 14.8. The first-order valence-electron chi connectivity index (χ1n) is 6.59. The number of benzene rings is 1. The Morgan fingerprint density at radius 3 is 2.65 bits per heavy atom. The predicted molar refractivity (Wildman–Crippen MR) is 78.0 cm³/mol. The topological polar surface area (TPSA) is 49.8 Å². The normalized spacial score (nSPS) is 9.75. The molecule has 20 heavy (non-hydrogen) atoms. The Morgan fingerprint density at radius 1 is 1.35 bits per heavy atom. The van der Waals surface area contributed by atoms with Crippen molar-refractivity contribution >= 4 is 5.91 Å². The monoisotopic (exact) mass is 275 g/mol. The van der Waals surface area contributed by atoms with E-state index in [1.807, 2.05) is 24.3 Å². The van der Waals surface area contributed by atoms with E-state index in [9.17, 15) is 4.79 Å². The largest absolute Gasteiger partial charge is 0.385 e. The van der Waals surface area contributed by atoms with Crippen LogP contribution >= 0.6 is 0 Å². The molecule has 4 nitrogen and oxygen atoms in total. The van der Waals surface area contributed by atoms with E-state index >= 15 is 0 Å². The Balaban J connectivity index is 2.49. The molecule has 1 aromatic rings. The Labute approximate surface area is 120 Å². The van der Waals surface area contributed by atoms with Crippen molar-refractivity contribution in [2.75, 3.05) is 27.4 Å². The first-order chi connectivity index (χ1) is 9.67. The van der Waals surface area contributed by atoms with E-state index in [0.717, 1.165) is 17.5 Å². The molecular formula is C16H21NO3. The van der Waals surface area contributed by atoms with E-state index in [-0.39, 0.29) is 12.5 Å². The molecular weight excluding hydrogens is 254 g/mol. The van der Waals surface area contributed by atoms with Crippen molar-refractivity contribution < 1.29 is 14.6 Å². The van der Waals surface area contributed by atoms with E-state index in [4.69, 9.17) is 9.84 Å². The maximum atomic E-state index is 11.9. The molecule has 0 saturated heterocycles. The molecule has 0 unspecified atom stereocenters. The maximum Gasteiger partial charge on any atom is 0.222 e. The highest BCUT2D eigenvalue weighted by atomic mass is 16.5. The molecule has 0 fully saturated rings. The summed E-state index contributed by atoms with van der Waals surface area (Å²) >= 11 is 0. The molecule has 108 valence electrons. The van der Waals surface area contributed by atoms with Crippen molar-refractivity contribution in [3.8, 4) is 11.8 Å². The van der Waals surface area contributed by atoms with E-state index in [2.05, 4.69) is 11.8 Å². The zero-order valence-electron chi connectivity index (χ0n) is 12.1. The molecule has 0 aliphatic rings. The lowest BCUT2D eigenvalue weighted by Gasteiger charge is -2.17. The van der Waals surface area contributed by atoms with Crippen LogP contribution in [0.2, 0.25) is 0 Å². The second-order valence-electron chi connectivity index (χ2n) is 4.50. The van der Waals surface area contributed by atoms with Crippen LogP contribution in [-0.2, 0) is 16.1 Å². The second-order valence-corrected chi connectivity index (χ2v) is 4.50. The van der Waals surface area contributed by atoms with Gasteiger partial charge in [0.05, 0.1) is 0 Å². The van der Waals surface area contributed by atoms with Gasteiger partial charge in [-0.3, -0.25) is 4.79 Å². The lowest BCUT2D eigenvalue weighted by molar-refractivity contribution is -0.130. The smallest absolute Gasteiger partial charge is 0.222 e. The number of aliphatic hydroxyl groups excluding tert-OH is 1. The lowest BCUT2D eigenvalue weighted by atomic mass is 10.1. The van der Waals surface area contributed by atoms with Crippen molar-refractivity contribution in [2.45, 2.75) is 19.4 Å². The minimum absolute atomic E-state index is 0.117. The van der Waals surface area contributed by atoms with Gasteiger partial charge in [0.1, 0.15) is 6.61 Å². The quantitative estimate of drug-likeness (QED) is 0.631. The maximum absolute atomic E-state index is 11.9. The van der Waals surface area contributed by atoms with Gasteiger partial charge in [-0.2, -0.15) is 0 Å². The van der Waals surface area contributed by atoms with Crippen molar-refractivity contribution in [3.63, 3.8) is 0 Å². The summed E-state index contributed by atoms with van der Waals surface area (Å²) in [6.45, 7) is 1.05. The van der Waals surface area contributed by atoms with Crippen molar-refractivity contribution in [3.05, 3.63) is 35.4 Å². The van der Waals surface area contributed by atoms with E-state index in [1.54, 1.807) is 19.1 Å². The number of hydrogen-bond acceptors (Lipinski definition) is 3. The van der Waals surface area contributed by atoms with Crippen LogP contribution in [0.25, 0.3) is 0 Å². The molecule has 4 heteroatoms. The standard InChI is InChI=1S/C16H21NO3/c1-17(16(19)6-4-12-20-2)13-15-9-7-14(8-10-15)5-3-11-18/h7-10,18H,4,6,11-13H2,1-2H3. The number of hydrogen-bond donors (Lipinski definition) is 1. The Kier molecular flexibility index (Phi) is 7.41. The number of rotatable bonds is 6. The van der Waals surface area contributed by atoms with Crippen LogP contribution in [0, 0.1) is 11.8 Å². The summed E-state index contributed by atoms with van der Waals surface area (Å²) in [6, 6.07) is 7.67.